The number of hydrogen-bond acceptors (Lipinski definition) is 3. The Kier molecular flexibility index (Phi) is 5.45. The summed E-state index contributed by atoms with van der Waals surface area (Å²) in [6.45, 7) is 1.87. The molecule has 1 aliphatic carbocycles. The Labute approximate surface area is 166 Å². The number of fused-ring (bicyclic) bond motifs is 2. The lowest BCUT2D eigenvalue weighted by atomic mass is 9.96. The minimum Gasteiger partial charge on any atom is -0.302 e. The molecular formula is C25H24N2O. The van der Waals surface area contributed by atoms with Crippen molar-refractivity contribution in [2.75, 3.05) is 13.6 Å². The first-order chi connectivity index (χ1) is 13.7. The highest BCUT2D eigenvalue weighted by molar-refractivity contribution is 6.05. The fourth-order valence-electron chi connectivity index (χ4n) is 3.79. The van der Waals surface area contributed by atoms with Crippen LogP contribution in [0.1, 0.15) is 39.2 Å². The highest BCUT2D eigenvalue weighted by atomic mass is 16.1. The molecule has 0 N–H and O–H groups in total. The summed E-state index contributed by atoms with van der Waals surface area (Å²) in [5, 5.41) is 0. The lowest BCUT2D eigenvalue weighted by Crippen LogP contribution is -2.18. The van der Waals surface area contributed by atoms with E-state index in [4.69, 9.17) is 0 Å². The molecular weight excluding hydrogens is 344 g/mol. The fourth-order valence-corrected chi connectivity index (χ4v) is 3.79. The van der Waals surface area contributed by atoms with Crippen molar-refractivity contribution in [3.05, 3.63) is 107 Å². The predicted octanol–water partition coefficient (Wildman–Crippen LogP) is 4.77. The van der Waals surface area contributed by atoms with E-state index in [1.165, 1.54) is 5.56 Å². The molecule has 3 aromatic rings. The highest BCUT2D eigenvalue weighted by Crippen LogP contribution is 2.32. The number of aromatic nitrogens is 1. The minimum atomic E-state index is 0.162. The first-order valence-corrected chi connectivity index (χ1v) is 9.72. The van der Waals surface area contributed by atoms with Gasteiger partial charge < -0.3 is 4.90 Å². The molecule has 140 valence electrons. The molecule has 1 aliphatic rings. The number of rotatable bonds is 5. The van der Waals surface area contributed by atoms with Crippen LogP contribution < -0.4 is 0 Å². The molecule has 0 bridgehead atoms. The summed E-state index contributed by atoms with van der Waals surface area (Å²) in [5.41, 5.74) is 6.12. The maximum atomic E-state index is 12.7. The van der Waals surface area contributed by atoms with E-state index < -0.39 is 0 Å². The number of ketones is 1. The van der Waals surface area contributed by atoms with Gasteiger partial charge in [0.05, 0.1) is 5.69 Å². The van der Waals surface area contributed by atoms with Crippen LogP contribution in [0.3, 0.4) is 0 Å². The maximum absolute atomic E-state index is 12.7. The SMILES string of the molecule is CN(CCC=C1c2ccccc2C(=O)Cc2cccnc21)Cc1ccccc1. The first-order valence-electron chi connectivity index (χ1n) is 9.72. The van der Waals surface area contributed by atoms with Gasteiger partial charge in [0.15, 0.2) is 5.78 Å². The van der Waals surface area contributed by atoms with E-state index in [2.05, 4.69) is 47.3 Å². The minimum absolute atomic E-state index is 0.162. The molecule has 0 atom stereocenters. The molecule has 2 aromatic carbocycles. The van der Waals surface area contributed by atoms with Crippen molar-refractivity contribution in [1.82, 2.24) is 9.88 Å². The Balaban J connectivity index is 1.59. The number of Topliss-reactive ketones (excluding diaryl/α,β-unsaturated/α-hetero) is 1. The average molecular weight is 368 g/mol. The van der Waals surface area contributed by atoms with Crippen LogP contribution in [0.15, 0.2) is 79.0 Å². The van der Waals surface area contributed by atoms with E-state index in [9.17, 15) is 4.79 Å². The molecule has 0 radical (unpaired) electrons. The Morgan fingerprint density at radius 2 is 1.71 bits per heavy atom. The van der Waals surface area contributed by atoms with Crippen LogP contribution in [0.4, 0.5) is 0 Å². The summed E-state index contributed by atoms with van der Waals surface area (Å²) in [4.78, 5) is 19.7. The van der Waals surface area contributed by atoms with Crippen LogP contribution in [0.2, 0.25) is 0 Å². The topological polar surface area (TPSA) is 33.2 Å². The van der Waals surface area contributed by atoms with E-state index in [0.717, 1.165) is 47.5 Å². The van der Waals surface area contributed by atoms with Gasteiger partial charge in [0, 0.05) is 36.8 Å². The molecule has 0 fully saturated rings. The summed E-state index contributed by atoms with van der Waals surface area (Å²) < 4.78 is 0. The van der Waals surface area contributed by atoms with E-state index >= 15 is 0 Å². The number of nitrogens with zero attached hydrogens (tertiary/aromatic N) is 2. The fraction of sp³-hybridized carbons (Fsp3) is 0.200. The van der Waals surface area contributed by atoms with Gasteiger partial charge >= 0.3 is 0 Å². The van der Waals surface area contributed by atoms with Crippen molar-refractivity contribution in [1.29, 1.82) is 0 Å². The van der Waals surface area contributed by atoms with Crippen molar-refractivity contribution in [2.24, 2.45) is 0 Å². The monoisotopic (exact) mass is 368 g/mol. The maximum Gasteiger partial charge on any atom is 0.167 e. The Morgan fingerprint density at radius 3 is 2.54 bits per heavy atom. The molecule has 0 saturated carbocycles. The van der Waals surface area contributed by atoms with Crippen molar-refractivity contribution < 1.29 is 4.79 Å². The smallest absolute Gasteiger partial charge is 0.167 e. The van der Waals surface area contributed by atoms with Crippen LogP contribution in [-0.2, 0) is 13.0 Å². The van der Waals surface area contributed by atoms with Crippen LogP contribution in [-0.4, -0.2) is 29.3 Å². The molecule has 3 heteroatoms. The number of pyridine rings is 1. The Hall–Kier alpha value is -3.04. The number of hydrogen-bond donors (Lipinski definition) is 0. The molecule has 0 spiro atoms. The summed E-state index contributed by atoms with van der Waals surface area (Å²) in [6.07, 6.45) is 5.36. The lowest BCUT2D eigenvalue weighted by molar-refractivity contribution is 0.0993. The number of carbonyl (C=O) groups is 1. The van der Waals surface area contributed by atoms with Gasteiger partial charge in [-0.15, -0.1) is 0 Å². The van der Waals surface area contributed by atoms with Gasteiger partial charge in [-0.1, -0.05) is 66.7 Å². The van der Waals surface area contributed by atoms with Crippen LogP contribution in [0.5, 0.6) is 0 Å². The number of benzene rings is 2. The third-order valence-corrected chi connectivity index (χ3v) is 5.17. The van der Waals surface area contributed by atoms with E-state index in [0.29, 0.717) is 6.42 Å². The second-order valence-electron chi connectivity index (χ2n) is 7.29. The van der Waals surface area contributed by atoms with Gasteiger partial charge in [0.1, 0.15) is 0 Å². The summed E-state index contributed by atoms with van der Waals surface area (Å²) in [5.74, 6) is 0.162. The first kappa shape index (κ1) is 18.3. The normalized spacial score (nSPS) is 14.6. The molecule has 4 rings (SSSR count). The Morgan fingerprint density at radius 1 is 0.964 bits per heavy atom. The third kappa shape index (κ3) is 3.95. The van der Waals surface area contributed by atoms with Gasteiger partial charge in [0.25, 0.3) is 0 Å². The summed E-state index contributed by atoms with van der Waals surface area (Å²) in [6, 6.07) is 22.3. The highest BCUT2D eigenvalue weighted by Gasteiger charge is 2.23. The van der Waals surface area contributed by atoms with E-state index in [1.54, 1.807) is 0 Å². The quantitative estimate of drug-likeness (QED) is 0.650. The van der Waals surface area contributed by atoms with Crippen molar-refractivity contribution in [3.8, 4) is 0 Å². The van der Waals surface area contributed by atoms with Crippen molar-refractivity contribution >= 4 is 11.4 Å². The van der Waals surface area contributed by atoms with Gasteiger partial charge in [-0.3, -0.25) is 9.78 Å². The van der Waals surface area contributed by atoms with Crippen LogP contribution in [0.25, 0.3) is 5.57 Å². The van der Waals surface area contributed by atoms with Crippen molar-refractivity contribution in [2.45, 2.75) is 19.4 Å². The molecule has 0 aliphatic heterocycles. The molecule has 0 saturated heterocycles. The molecule has 0 amide bonds. The second-order valence-corrected chi connectivity index (χ2v) is 7.29. The van der Waals surface area contributed by atoms with Gasteiger partial charge in [-0.05, 0) is 36.2 Å². The molecule has 1 heterocycles. The van der Waals surface area contributed by atoms with Gasteiger partial charge in [0.2, 0.25) is 0 Å². The number of carbonyl (C=O) groups excluding carboxylic acids is 1. The van der Waals surface area contributed by atoms with Crippen LogP contribution >= 0.6 is 0 Å². The van der Waals surface area contributed by atoms with Crippen LogP contribution in [0, 0.1) is 0 Å². The zero-order chi connectivity index (χ0) is 19.3. The molecule has 3 nitrogen and oxygen atoms in total. The zero-order valence-corrected chi connectivity index (χ0v) is 16.1. The molecule has 1 aromatic heterocycles. The standard InChI is InChI=1S/C25H24N2O/c1-27(18-19-9-3-2-4-10-19)16-8-14-23-21-12-5-6-13-22(21)24(28)17-20-11-7-15-26-25(20)23/h2-7,9-15H,8,16-18H2,1H3. The largest absolute Gasteiger partial charge is 0.302 e. The third-order valence-electron chi connectivity index (χ3n) is 5.17. The van der Waals surface area contributed by atoms with E-state index in [1.807, 2.05) is 48.7 Å². The molecule has 28 heavy (non-hydrogen) atoms. The second kappa shape index (κ2) is 8.32. The zero-order valence-electron chi connectivity index (χ0n) is 16.1. The van der Waals surface area contributed by atoms with Gasteiger partial charge in [-0.25, -0.2) is 0 Å². The summed E-state index contributed by atoms with van der Waals surface area (Å²) >= 11 is 0. The molecule has 0 unspecified atom stereocenters. The lowest BCUT2D eigenvalue weighted by Gasteiger charge is -2.16. The summed E-state index contributed by atoms with van der Waals surface area (Å²) in [7, 11) is 2.14. The average Bonchev–Trinajstić information content (AvgIpc) is 2.84. The van der Waals surface area contributed by atoms with Crippen molar-refractivity contribution in [3.63, 3.8) is 0 Å². The Bertz CT molecular complexity index is 1010. The predicted molar refractivity (Wildman–Crippen MR) is 113 cm³/mol. The van der Waals surface area contributed by atoms with E-state index in [-0.39, 0.29) is 5.78 Å². The van der Waals surface area contributed by atoms with Gasteiger partial charge in [-0.2, -0.15) is 0 Å².